The van der Waals surface area contributed by atoms with Gasteiger partial charge in [-0.1, -0.05) is 6.92 Å². The summed E-state index contributed by atoms with van der Waals surface area (Å²) < 4.78 is 0. The molecule has 0 aromatic heterocycles. The number of hydrogen-bond acceptors (Lipinski definition) is 4. The third kappa shape index (κ3) is 3.00. The molecule has 0 aliphatic carbocycles. The van der Waals surface area contributed by atoms with Crippen LogP contribution in [-0.4, -0.2) is 59.2 Å². The van der Waals surface area contributed by atoms with E-state index in [4.69, 9.17) is 0 Å². The fraction of sp³-hybridized carbons (Fsp3) is 0.786. The Hall–Kier alpha value is -1.43. The van der Waals surface area contributed by atoms with Crippen LogP contribution >= 0.6 is 0 Å². The molecule has 2 atom stereocenters. The summed E-state index contributed by atoms with van der Waals surface area (Å²) in [5, 5.41) is 3.02. The van der Waals surface area contributed by atoms with Gasteiger partial charge in [-0.3, -0.25) is 24.6 Å². The summed E-state index contributed by atoms with van der Waals surface area (Å²) in [6, 6.07) is -0.966. The van der Waals surface area contributed by atoms with Gasteiger partial charge in [0.15, 0.2) is 0 Å². The average Bonchev–Trinajstić information content (AvgIpc) is 3.03. The van der Waals surface area contributed by atoms with Gasteiger partial charge in [0, 0.05) is 19.6 Å². The summed E-state index contributed by atoms with van der Waals surface area (Å²) in [4.78, 5) is 39.2. The molecule has 6 nitrogen and oxygen atoms in total. The van der Waals surface area contributed by atoms with Crippen LogP contribution in [0.2, 0.25) is 0 Å². The van der Waals surface area contributed by atoms with Crippen LogP contribution in [0.3, 0.4) is 0 Å². The van der Waals surface area contributed by atoms with Crippen molar-refractivity contribution in [2.24, 2.45) is 0 Å². The lowest BCUT2D eigenvalue weighted by Crippen LogP contribution is -2.50. The van der Waals surface area contributed by atoms with Crippen LogP contribution in [0.1, 0.15) is 39.5 Å². The number of likely N-dealkylation sites (tertiary alicyclic amines) is 2. The number of amides is 3. The summed E-state index contributed by atoms with van der Waals surface area (Å²) in [7, 11) is 0. The smallest absolute Gasteiger partial charge is 0.246 e. The average molecular weight is 281 g/mol. The first-order valence-corrected chi connectivity index (χ1v) is 7.43. The van der Waals surface area contributed by atoms with Crippen molar-refractivity contribution < 1.29 is 14.4 Å². The number of imide groups is 1. The predicted molar refractivity (Wildman–Crippen MR) is 73.8 cm³/mol. The zero-order valence-electron chi connectivity index (χ0n) is 12.2. The molecule has 2 fully saturated rings. The molecule has 0 saturated carbocycles. The van der Waals surface area contributed by atoms with Gasteiger partial charge in [-0.2, -0.15) is 0 Å². The van der Waals surface area contributed by atoms with Crippen molar-refractivity contribution in [2.75, 3.05) is 19.6 Å². The van der Waals surface area contributed by atoms with Crippen LogP contribution in [-0.2, 0) is 14.4 Å². The van der Waals surface area contributed by atoms with Gasteiger partial charge in [0.25, 0.3) is 0 Å². The normalized spacial score (nSPS) is 24.6. The highest BCUT2D eigenvalue weighted by atomic mass is 16.2. The predicted octanol–water partition coefficient (Wildman–Crippen LogP) is 0.124. The van der Waals surface area contributed by atoms with Crippen LogP contribution < -0.4 is 5.32 Å². The highest BCUT2D eigenvalue weighted by Crippen LogP contribution is 2.15. The minimum atomic E-state index is -0.546. The van der Waals surface area contributed by atoms with Gasteiger partial charge in [-0.25, -0.2) is 0 Å². The Morgan fingerprint density at radius 3 is 2.60 bits per heavy atom. The molecule has 6 heteroatoms. The maximum atomic E-state index is 12.2. The zero-order valence-corrected chi connectivity index (χ0v) is 12.2. The topological polar surface area (TPSA) is 69.7 Å². The minimum Gasteiger partial charge on any atom is -0.341 e. The fourth-order valence-corrected chi connectivity index (χ4v) is 2.86. The maximum Gasteiger partial charge on any atom is 0.246 e. The standard InChI is InChI=1S/C14H23N3O3/c1-3-6-17-12(18)9-11(14(17)20)15-10(2)13(19)16-7-4-5-8-16/h10-11,15H,3-9H2,1-2H3. The lowest BCUT2D eigenvalue weighted by molar-refractivity contribution is -0.138. The van der Waals surface area contributed by atoms with Crippen LogP contribution in [0.5, 0.6) is 0 Å². The van der Waals surface area contributed by atoms with Crippen molar-refractivity contribution in [1.82, 2.24) is 15.1 Å². The monoisotopic (exact) mass is 281 g/mol. The van der Waals surface area contributed by atoms with E-state index in [0.29, 0.717) is 6.54 Å². The molecule has 20 heavy (non-hydrogen) atoms. The van der Waals surface area contributed by atoms with Crippen molar-refractivity contribution in [3.8, 4) is 0 Å². The molecule has 0 spiro atoms. The van der Waals surface area contributed by atoms with Gasteiger partial charge in [0.2, 0.25) is 17.7 Å². The Bertz CT molecular complexity index is 404. The van der Waals surface area contributed by atoms with E-state index in [0.717, 1.165) is 32.4 Å². The number of nitrogens with zero attached hydrogens (tertiary/aromatic N) is 2. The second kappa shape index (κ2) is 6.35. The van der Waals surface area contributed by atoms with Gasteiger partial charge >= 0.3 is 0 Å². The largest absolute Gasteiger partial charge is 0.341 e. The van der Waals surface area contributed by atoms with Crippen LogP contribution in [0.15, 0.2) is 0 Å². The van der Waals surface area contributed by atoms with E-state index in [-0.39, 0.29) is 24.1 Å². The molecule has 1 N–H and O–H groups in total. The minimum absolute atomic E-state index is 0.0247. The Kier molecular flexibility index (Phi) is 4.75. The van der Waals surface area contributed by atoms with Crippen molar-refractivity contribution in [3.05, 3.63) is 0 Å². The molecule has 3 amide bonds. The van der Waals surface area contributed by atoms with E-state index >= 15 is 0 Å². The quantitative estimate of drug-likeness (QED) is 0.727. The molecule has 0 aromatic rings. The molecule has 0 aromatic carbocycles. The number of carbonyl (C=O) groups is 3. The number of hydrogen-bond donors (Lipinski definition) is 1. The second-order valence-corrected chi connectivity index (χ2v) is 5.56. The molecule has 0 bridgehead atoms. The Morgan fingerprint density at radius 1 is 1.35 bits per heavy atom. The Morgan fingerprint density at radius 2 is 2.00 bits per heavy atom. The molecule has 2 rings (SSSR count). The maximum absolute atomic E-state index is 12.2. The van der Waals surface area contributed by atoms with Crippen LogP contribution in [0, 0.1) is 0 Å². The second-order valence-electron chi connectivity index (χ2n) is 5.56. The molecule has 2 aliphatic rings. The van der Waals surface area contributed by atoms with Gasteiger partial charge in [0.1, 0.15) is 0 Å². The number of carbonyl (C=O) groups excluding carboxylic acids is 3. The first-order valence-electron chi connectivity index (χ1n) is 7.43. The van der Waals surface area contributed by atoms with E-state index in [1.54, 1.807) is 6.92 Å². The van der Waals surface area contributed by atoms with Crippen molar-refractivity contribution in [2.45, 2.75) is 51.6 Å². The summed E-state index contributed by atoms with van der Waals surface area (Å²) in [6.45, 7) is 5.75. The SMILES string of the molecule is CCCN1C(=O)CC(NC(C)C(=O)N2CCCC2)C1=O. The van der Waals surface area contributed by atoms with E-state index in [2.05, 4.69) is 5.32 Å². The first-order chi connectivity index (χ1) is 9.54. The third-order valence-electron chi connectivity index (χ3n) is 3.93. The van der Waals surface area contributed by atoms with Crippen LogP contribution in [0.4, 0.5) is 0 Å². The molecule has 2 heterocycles. The van der Waals surface area contributed by atoms with E-state index in [9.17, 15) is 14.4 Å². The molecule has 112 valence electrons. The van der Waals surface area contributed by atoms with Crippen LogP contribution in [0.25, 0.3) is 0 Å². The lowest BCUT2D eigenvalue weighted by atomic mass is 10.2. The van der Waals surface area contributed by atoms with Gasteiger partial charge < -0.3 is 4.90 Å². The Labute approximate surface area is 119 Å². The van der Waals surface area contributed by atoms with Crippen molar-refractivity contribution in [3.63, 3.8) is 0 Å². The van der Waals surface area contributed by atoms with Gasteiger partial charge in [-0.05, 0) is 26.2 Å². The number of nitrogens with one attached hydrogen (secondary N) is 1. The van der Waals surface area contributed by atoms with Crippen molar-refractivity contribution >= 4 is 17.7 Å². The summed E-state index contributed by atoms with van der Waals surface area (Å²) >= 11 is 0. The highest BCUT2D eigenvalue weighted by Gasteiger charge is 2.39. The lowest BCUT2D eigenvalue weighted by Gasteiger charge is -2.23. The summed E-state index contributed by atoms with van der Waals surface area (Å²) in [5.41, 5.74) is 0. The van der Waals surface area contributed by atoms with Crippen molar-refractivity contribution in [1.29, 1.82) is 0 Å². The molecule has 2 unspecified atom stereocenters. The van der Waals surface area contributed by atoms with E-state index in [1.165, 1.54) is 4.90 Å². The fourth-order valence-electron chi connectivity index (χ4n) is 2.86. The zero-order chi connectivity index (χ0) is 14.7. The summed E-state index contributed by atoms with van der Waals surface area (Å²) in [5.74, 6) is -0.315. The molecule has 2 aliphatic heterocycles. The molecule has 2 saturated heterocycles. The first kappa shape index (κ1) is 15.0. The molecular formula is C14H23N3O3. The van der Waals surface area contributed by atoms with E-state index in [1.807, 2.05) is 11.8 Å². The molecular weight excluding hydrogens is 258 g/mol. The summed E-state index contributed by atoms with van der Waals surface area (Å²) in [6.07, 6.45) is 3.01. The van der Waals surface area contributed by atoms with E-state index < -0.39 is 12.1 Å². The highest BCUT2D eigenvalue weighted by molar-refractivity contribution is 6.05. The molecule has 0 radical (unpaired) electrons. The number of rotatable bonds is 5. The van der Waals surface area contributed by atoms with Gasteiger partial charge in [-0.15, -0.1) is 0 Å². The van der Waals surface area contributed by atoms with Gasteiger partial charge in [0.05, 0.1) is 18.5 Å². The Balaban J connectivity index is 1.91. The third-order valence-corrected chi connectivity index (χ3v) is 3.93.